The number of oxazole rings is 1. The molecule has 0 aliphatic rings. The van der Waals surface area contributed by atoms with Crippen LogP contribution in [0, 0.1) is 0 Å². The number of anilines is 1. The van der Waals surface area contributed by atoms with E-state index in [0.29, 0.717) is 44.9 Å². The first-order chi connectivity index (χ1) is 12.9. The molecule has 0 fully saturated rings. The fourth-order valence-corrected chi connectivity index (χ4v) is 2.90. The predicted octanol–water partition coefficient (Wildman–Crippen LogP) is 4.32. The van der Waals surface area contributed by atoms with Crippen LogP contribution in [0.2, 0.25) is 10.0 Å². The van der Waals surface area contributed by atoms with Gasteiger partial charge in [0.15, 0.2) is 11.7 Å². The van der Waals surface area contributed by atoms with E-state index in [9.17, 15) is 9.59 Å². The Morgan fingerprint density at radius 1 is 1.11 bits per heavy atom. The van der Waals surface area contributed by atoms with Crippen LogP contribution >= 0.6 is 23.2 Å². The molecule has 3 aromatic rings. The van der Waals surface area contributed by atoms with Crippen LogP contribution in [0.15, 0.2) is 53.1 Å². The number of hydrogen-bond acceptors (Lipinski definition) is 4. The number of aryl methyl sites for hydroxylation is 1. The van der Waals surface area contributed by atoms with E-state index in [1.807, 2.05) is 0 Å². The summed E-state index contributed by atoms with van der Waals surface area (Å²) in [6.45, 7) is 0. The quantitative estimate of drug-likeness (QED) is 0.639. The topological polar surface area (TPSA) is 98.2 Å². The van der Waals surface area contributed by atoms with E-state index >= 15 is 0 Å². The van der Waals surface area contributed by atoms with Crippen LogP contribution in [0.1, 0.15) is 22.7 Å². The van der Waals surface area contributed by atoms with Gasteiger partial charge in [0.25, 0.3) is 0 Å². The molecule has 0 aliphatic heterocycles. The molecule has 0 atom stereocenters. The van der Waals surface area contributed by atoms with Crippen LogP contribution in [0.25, 0.3) is 11.3 Å². The van der Waals surface area contributed by atoms with E-state index in [2.05, 4.69) is 10.3 Å². The van der Waals surface area contributed by atoms with E-state index in [4.69, 9.17) is 33.4 Å². The molecule has 27 heavy (non-hydrogen) atoms. The highest BCUT2D eigenvalue weighted by atomic mass is 35.5. The number of primary amides is 1. The summed E-state index contributed by atoms with van der Waals surface area (Å²) in [5.74, 6) is 0.212. The van der Waals surface area contributed by atoms with Crippen molar-refractivity contribution >= 4 is 40.7 Å². The first-order valence-electron chi connectivity index (χ1n) is 8.02. The molecule has 2 aromatic carbocycles. The number of nitrogens with one attached hydrogen (secondary N) is 1. The first-order valence-corrected chi connectivity index (χ1v) is 8.78. The van der Waals surface area contributed by atoms with E-state index in [1.54, 1.807) is 48.7 Å². The summed E-state index contributed by atoms with van der Waals surface area (Å²) in [5.41, 5.74) is 6.81. The Labute approximate surface area is 165 Å². The van der Waals surface area contributed by atoms with Crippen molar-refractivity contribution in [3.63, 3.8) is 0 Å². The van der Waals surface area contributed by atoms with Crippen molar-refractivity contribution in [2.45, 2.75) is 12.8 Å². The zero-order valence-corrected chi connectivity index (χ0v) is 15.6. The molecule has 1 aromatic heterocycles. The average Bonchev–Trinajstić information content (AvgIpc) is 3.09. The lowest BCUT2D eigenvalue weighted by Crippen LogP contribution is -2.13. The monoisotopic (exact) mass is 403 g/mol. The predicted molar refractivity (Wildman–Crippen MR) is 104 cm³/mol. The Bertz CT molecular complexity index is 984. The lowest BCUT2D eigenvalue weighted by Gasteiger charge is -2.05. The Kier molecular flexibility index (Phi) is 5.78. The molecule has 2 amide bonds. The van der Waals surface area contributed by atoms with Gasteiger partial charge in [0.05, 0.1) is 11.2 Å². The Morgan fingerprint density at radius 3 is 2.52 bits per heavy atom. The summed E-state index contributed by atoms with van der Waals surface area (Å²) < 4.78 is 5.66. The molecule has 6 nitrogen and oxygen atoms in total. The minimum absolute atomic E-state index is 0.186. The summed E-state index contributed by atoms with van der Waals surface area (Å²) in [6, 6.07) is 11.4. The third-order valence-electron chi connectivity index (χ3n) is 3.77. The molecule has 0 saturated carbocycles. The van der Waals surface area contributed by atoms with Crippen LogP contribution in [-0.4, -0.2) is 16.8 Å². The number of nitrogens with zero attached hydrogens (tertiary/aromatic N) is 1. The van der Waals surface area contributed by atoms with E-state index in [0.717, 1.165) is 0 Å². The van der Waals surface area contributed by atoms with Gasteiger partial charge in [0, 0.05) is 34.7 Å². The second-order valence-corrected chi connectivity index (χ2v) is 6.58. The van der Waals surface area contributed by atoms with Crippen LogP contribution in [0.4, 0.5) is 5.69 Å². The molecule has 0 aliphatic carbocycles. The molecular formula is C19H15Cl2N3O3. The van der Waals surface area contributed by atoms with Crippen molar-refractivity contribution in [3.05, 3.63) is 70.2 Å². The Hall–Kier alpha value is -2.83. The third-order valence-corrected chi connectivity index (χ3v) is 4.32. The molecule has 138 valence electrons. The van der Waals surface area contributed by atoms with Gasteiger partial charge < -0.3 is 15.5 Å². The molecular weight excluding hydrogens is 389 g/mol. The first kappa shape index (κ1) is 18.9. The minimum atomic E-state index is -0.520. The molecule has 0 spiro atoms. The van der Waals surface area contributed by atoms with Gasteiger partial charge in [0.2, 0.25) is 11.8 Å². The molecule has 0 unspecified atom stereocenters. The van der Waals surface area contributed by atoms with Crippen molar-refractivity contribution in [3.8, 4) is 11.3 Å². The van der Waals surface area contributed by atoms with Crippen molar-refractivity contribution in [2.75, 3.05) is 5.32 Å². The average molecular weight is 404 g/mol. The van der Waals surface area contributed by atoms with Crippen LogP contribution in [0.3, 0.4) is 0 Å². The van der Waals surface area contributed by atoms with E-state index in [-0.39, 0.29) is 12.3 Å². The number of hydrogen-bond donors (Lipinski definition) is 2. The molecule has 3 N–H and O–H groups in total. The summed E-state index contributed by atoms with van der Waals surface area (Å²) >= 11 is 12.0. The van der Waals surface area contributed by atoms with Crippen LogP contribution in [0.5, 0.6) is 0 Å². The van der Waals surface area contributed by atoms with Gasteiger partial charge in [-0.25, -0.2) is 4.98 Å². The SMILES string of the molecule is NC(=O)c1ccc(NC(=O)CCc2ncc(-c3ccc(Cl)cc3Cl)o2)cc1. The lowest BCUT2D eigenvalue weighted by atomic mass is 10.2. The molecule has 1 heterocycles. The van der Waals surface area contributed by atoms with Gasteiger partial charge in [-0.3, -0.25) is 9.59 Å². The van der Waals surface area contributed by atoms with Gasteiger partial charge >= 0.3 is 0 Å². The molecule has 8 heteroatoms. The number of benzene rings is 2. The van der Waals surface area contributed by atoms with Gasteiger partial charge in [-0.2, -0.15) is 0 Å². The van der Waals surface area contributed by atoms with Crippen LogP contribution < -0.4 is 11.1 Å². The standard InChI is InChI=1S/C19H15Cl2N3O3/c20-12-3-6-14(15(21)9-12)16-10-23-18(27-16)8-7-17(25)24-13-4-1-11(2-5-13)19(22)26/h1-6,9-10H,7-8H2,(H2,22,26)(H,24,25). The summed E-state index contributed by atoms with van der Waals surface area (Å²) in [6.07, 6.45) is 2.08. The highest BCUT2D eigenvalue weighted by Gasteiger charge is 2.12. The third kappa shape index (κ3) is 4.87. The normalized spacial score (nSPS) is 10.6. The smallest absolute Gasteiger partial charge is 0.248 e. The second-order valence-electron chi connectivity index (χ2n) is 5.73. The zero-order chi connectivity index (χ0) is 19.4. The number of aromatic nitrogens is 1. The van der Waals surface area contributed by atoms with Crippen molar-refractivity contribution in [2.24, 2.45) is 5.73 Å². The number of rotatable bonds is 6. The summed E-state index contributed by atoms with van der Waals surface area (Å²) in [4.78, 5) is 27.3. The number of amides is 2. The van der Waals surface area contributed by atoms with Crippen molar-refractivity contribution < 1.29 is 14.0 Å². The summed E-state index contributed by atoms with van der Waals surface area (Å²) in [7, 11) is 0. The lowest BCUT2D eigenvalue weighted by molar-refractivity contribution is -0.116. The highest BCUT2D eigenvalue weighted by molar-refractivity contribution is 6.36. The maximum Gasteiger partial charge on any atom is 0.248 e. The number of halogens is 2. The fraction of sp³-hybridized carbons (Fsp3) is 0.105. The van der Waals surface area contributed by atoms with Gasteiger partial charge in [0.1, 0.15) is 0 Å². The maximum absolute atomic E-state index is 12.1. The largest absolute Gasteiger partial charge is 0.441 e. The minimum Gasteiger partial charge on any atom is -0.441 e. The van der Waals surface area contributed by atoms with Gasteiger partial charge in [-0.1, -0.05) is 23.2 Å². The molecule has 3 rings (SSSR count). The number of carbonyl (C=O) groups is 2. The number of nitrogens with two attached hydrogens (primary N) is 1. The Morgan fingerprint density at radius 2 is 1.85 bits per heavy atom. The van der Waals surface area contributed by atoms with Crippen molar-refractivity contribution in [1.29, 1.82) is 0 Å². The highest BCUT2D eigenvalue weighted by Crippen LogP contribution is 2.30. The summed E-state index contributed by atoms with van der Waals surface area (Å²) in [5, 5.41) is 3.73. The second kappa shape index (κ2) is 8.24. The molecule has 0 saturated heterocycles. The van der Waals surface area contributed by atoms with E-state index < -0.39 is 5.91 Å². The van der Waals surface area contributed by atoms with Crippen LogP contribution in [-0.2, 0) is 11.2 Å². The number of carbonyl (C=O) groups excluding carboxylic acids is 2. The van der Waals surface area contributed by atoms with E-state index in [1.165, 1.54) is 0 Å². The molecule has 0 bridgehead atoms. The Balaban J connectivity index is 1.58. The molecule has 0 radical (unpaired) electrons. The van der Waals surface area contributed by atoms with Gasteiger partial charge in [-0.05, 0) is 42.5 Å². The van der Waals surface area contributed by atoms with Gasteiger partial charge in [-0.15, -0.1) is 0 Å². The zero-order valence-electron chi connectivity index (χ0n) is 14.0. The maximum atomic E-state index is 12.1. The van der Waals surface area contributed by atoms with Crippen molar-refractivity contribution in [1.82, 2.24) is 4.98 Å². The fourth-order valence-electron chi connectivity index (χ4n) is 2.40.